The van der Waals surface area contributed by atoms with E-state index in [4.69, 9.17) is 33.9 Å². The summed E-state index contributed by atoms with van der Waals surface area (Å²) in [6.07, 6.45) is 1.80. The number of benzene rings is 1. The highest BCUT2D eigenvalue weighted by Gasteiger charge is 2.19. The number of hydrogen-bond acceptors (Lipinski definition) is 3. The van der Waals surface area contributed by atoms with Crippen LogP contribution in [0, 0.1) is 5.92 Å². The Hall–Kier alpha value is -0.490. The first-order chi connectivity index (χ1) is 9.62. The molecule has 0 fully saturated rings. The molecule has 1 N–H and O–H groups in total. The molecule has 0 saturated carbocycles. The average Bonchev–Trinajstić information content (AvgIpc) is 2.35. The van der Waals surface area contributed by atoms with Gasteiger partial charge in [0, 0.05) is 17.2 Å². The van der Waals surface area contributed by atoms with Crippen molar-refractivity contribution in [1.29, 1.82) is 0 Å². The van der Waals surface area contributed by atoms with Crippen molar-refractivity contribution >= 4 is 48.8 Å². The van der Waals surface area contributed by atoms with Crippen LogP contribution >= 0.6 is 33.9 Å². The third-order valence-corrected chi connectivity index (χ3v) is 4.91. The topological polar surface area (TPSA) is 63.2 Å². The summed E-state index contributed by atoms with van der Waals surface area (Å²) < 4.78 is 22.7. The summed E-state index contributed by atoms with van der Waals surface area (Å²) in [6, 6.07) is 2.23. The molecule has 1 aromatic rings. The second-order valence-electron chi connectivity index (χ2n) is 5.00. The van der Waals surface area contributed by atoms with E-state index in [0.717, 1.165) is 25.0 Å². The molecule has 8 heteroatoms. The molecule has 4 nitrogen and oxygen atoms in total. The van der Waals surface area contributed by atoms with E-state index in [2.05, 4.69) is 19.2 Å². The fraction of sp³-hybridized carbons (Fsp3) is 0.462. The van der Waals surface area contributed by atoms with Gasteiger partial charge in [-0.1, -0.05) is 37.0 Å². The molecule has 0 aliphatic carbocycles. The maximum absolute atomic E-state index is 12.0. The molecule has 0 saturated heterocycles. The molecule has 0 aliphatic rings. The minimum atomic E-state index is -3.99. The van der Waals surface area contributed by atoms with Crippen LogP contribution < -0.4 is 5.32 Å². The van der Waals surface area contributed by atoms with Crippen LogP contribution in [0.3, 0.4) is 0 Å². The molecule has 118 valence electrons. The van der Waals surface area contributed by atoms with Crippen LogP contribution in [0.5, 0.6) is 0 Å². The minimum Gasteiger partial charge on any atom is -0.352 e. The van der Waals surface area contributed by atoms with Crippen molar-refractivity contribution in [3.05, 3.63) is 27.7 Å². The third kappa shape index (κ3) is 5.66. The number of rotatable bonds is 6. The summed E-state index contributed by atoms with van der Waals surface area (Å²) in [5.41, 5.74) is -0.00654. The Kier molecular flexibility index (Phi) is 6.78. The zero-order valence-corrected chi connectivity index (χ0v) is 14.7. The Morgan fingerprint density at radius 3 is 2.43 bits per heavy atom. The predicted octanol–water partition coefficient (Wildman–Crippen LogP) is 4.09. The Balaban J connectivity index is 2.91. The zero-order valence-electron chi connectivity index (χ0n) is 11.6. The second-order valence-corrected chi connectivity index (χ2v) is 8.35. The molecule has 1 rings (SSSR count). The number of hydrogen-bond donors (Lipinski definition) is 1. The molecule has 1 aromatic carbocycles. The van der Waals surface area contributed by atoms with Gasteiger partial charge in [-0.25, -0.2) is 8.42 Å². The van der Waals surface area contributed by atoms with E-state index in [0.29, 0.717) is 12.5 Å². The van der Waals surface area contributed by atoms with Crippen LogP contribution in [0.1, 0.15) is 37.0 Å². The molecule has 0 aliphatic heterocycles. The summed E-state index contributed by atoms with van der Waals surface area (Å²) in [5.74, 6) is 0.0671. The Morgan fingerprint density at radius 1 is 1.29 bits per heavy atom. The number of carbonyl (C=O) groups is 1. The summed E-state index contributed by atoms with van der Waals surface area (Å²) in [7, 11) is 1.27. The average molecular weight is 373 g/mol. The molecular formula is C13H16Cl3NO3S. The van der Waals surface area contributed by atoms with Gasteiger partial charge in [-0.15, -0.1) is 0 Å². The van der Waals surface area contributed by atoms with Gasteiger partial charge in [-0.2, -0.15) is 0 Å². The first-order valence-electron chi connectivity index (χ1n) is 6.35. The van der Waals surface area contributed by atoms with Crippen molar-refractivity contribution in [1.82, 2.24) is 5.32 Å². The molecule has 0 aromatic heterocycles. The molecule has 0 heterocycles. The van der Waals surface area contributed by atoms with Crippen molar-refractivity contribution in [2.45, 2.75) is 31.6 Å². The standard InChI is InChI=1S/C13H16Cl3NO3S/c1-8(2)4-3-5-17-13(18)10-6-9(21(16,19)20)7-11(14)12(10)15/h6-8H,3-5H2,1-2H3,(H,17,18). The van der Waals surface area contributed by atoms with E-state index >= 15 is 0 Å². The molecular weight excluding hydrogens is 357 g/mol. The van der Waals surface area contributed by atoms with Gasteiger partial charge in [-0.3, -0.25) is 4.79 Å². The van der Waals surface area contributed by atoms with Crippen LogP contribution in [-0.2, 0) is 9.05 Å². The van der Waals surface area contributed by atoms with E-state index in [-0.39, 0.29) is 20.5 Å². The van der Waals surface area contributed by atoms with E-state index in [1.54, 1.807) is 0 Å². The van der Waals surface area contributed by atoms with Gasteiger partial charge in [-0.05, 0) is 30.9 Å². The number of amides is 1. The van der Waals surface area contributed by atoms with Gasteiger partial charge >= 0.3 is 0 Å². The first-order valence-corrected chi connectivity index (χ1v) is 9.41. The molecule has 0 unspecified atom stereocenters. The molecule has 21 heavy (non-hydrogen) atoms. The maximum atomic E-state index is 12.0. The van der Waals surface area contributed by atoms with Crippen molar-refractivity contribution in [2.75, 3.05) is 6.54 Å². The number of halogens is 3. The fourth-order valence-corrected chi connectivity index (χ4v) is 2.94. The van der Waals surface area contributed by atoms with Crippen molar-refractivity contribution in [3.8, 4) is 0 Å². The summed E-state index contributed by atoms with van der Waals surface area (Å²) in [4.78, 5) is 11.8. The highest BCUT2D eigenvalue weighted by Crippen LogP contribution is 2.30. The van der Waals surface area contributed by atoms with Gasteiger partial charge in [0.1, 0.15) is 0 Å². The zero-order chi connectivity index (χ0) is 16.2. The van der Waals surface area contributed by atoms with Gasteiger partial charge in [0.2, 0.25) is 0 Å². The predicted molar refractivity (Wildman–Crippen MR) is 85.9 cm³/mol. The summed E-state index contributed by atoms with van der Waals surface area (Å²) >= 11 is 11.8. The summed E-state index contributed by atoms with van der Waals surface area (Å²) in [5, 5.41) is 2.65. The molecule has 0 radical (unpaired) electrons. The largest absolute Gasteiger partial charge is 0.352 e. The quantitative estimate of drug-likeness (QED) is 0.604. The highest BCUT2D eigenvalue weighted by molar-refractivity contribution is 8.13. The van der Waals surface area contributed by atoms with Crippen molar-refractivity contribution in [3.63, 3.8) is 0 Å². The maximum Gasteiger partial charge on any atom is 0.261 e. The number of nitrogens with one attached hydrogen (secondary N) is 1. The van der Waals surface area contributed by atoms with E-state index in [1.165, 1.54) is 0 Å². The van der Waals surface area contributed by atoms with Gasteiger partial charge in [0.25, 0.3) is 15.0 Å². The highest BCUT2D eigenvalue weighted by atomic mass is 35.7. The Labute approximate surface area is 139 Å². The molecule has 1 amide bonds. The van der Waals surface area contributed by atoms with Crippen LogP contribution in [-0.4, -0.2) is 20.9 Å². The van der Waals surface area contributed by atoms with Gasteiger partial charge in [0.15, 0.2) is 0 Å². The second kappa shape index (κ2) is 7.68. The lowest BCUT2D eigenvalue weighted by Gasteiger charge is -2.10. The molecule has 0 spiro atoms. The normalized spacial score (nSPS) is 11.7. The van der Waals surface area contributed by atoms with Crippen LogP contribution in [0.15, 0.2) is 17.0 Å². The van der Waals surface area contributed by atoms with E-state index in [1.807, 2.05) is 0 Å². The Bertz CT molecular complexity index is 630. The van der Waals surface area contributed by atoms with Crippen molar-refractivity contribution in [2.24, 2.45) is 5.92 Å². The lowest BCUT2D eigenvalue weighted by atomic mass is 10.1. The fourth-order valence-electron chi connectivity index (χ4n) is 1.68. The number of carbonyl (C=O) groups excluding carboxylic acids is 1. The lowest BCUT2D eigenvalue weighted by molar-refractivity contribution is 0.0952. The first kappa shape index (κ1) is 18.6. The third-order valence-electron chi connectivity index (χ3n) is 2.77. The Morgan fingerprint density at radius 2 is 1.90 bits per heavy atom. The SMILES string of the molecule is CC(C)CCCNC(=O)c1cc(S(=O)(=O)Cl)cc(Cl)c1Cl. The van der Waals surface area contributed by atoms with Crippen LogP contribution in [0.25, 0.3) is 0 Å². The van der Waals surface area contributed by atoms with E-state index < -0.39 is 15.0 Å². The van der Waals surface area contributed by atoms with Gasteiger partial charge < -0.3 is 5.32 Å². The minimum absolute atomic E-state index is 0.00194. The summed E-state index contributed by atoms with van der Waals surface area (Å²) in [6.45, 7) is 4.66. The smallest absolute Gasteiger partial charge is 0.261 e. The van der Waals surface area contributed by atoms with Crippen LogP contribution in [0.2, 0.25) is 10.0 Å². The monoisotopic (exact) mass is 371 g/mol. The van der Waals surface area contributed by atoms with Crippen LogP contribution in [0.4, 0.5) is 0 Å². The van der Waals surface area contributed by atoms with Crippen molar-refractivity contribution < 1.29 is 13.2 Å². The van der Waals surface area contributed by atoms with Gasteiger partial charge in [0.05, 0.1) is 20.5 Å². The van der Waals surface area contributed by atoms with E-state index in [9.17, 15) is 13.2 Å². The molecule has 0 bridgehead atoms. The molecule has 0 atom stereocenters. The lowest BCUT2D eigenvalue weighted by Crippen LogP contribution is -2.25.